The highest BCUT2D eigenvalue weighted by Crippen LogP contribution is 2.26. The Morgan fingerprint density at radius 2 is 1.77 bits per heavy atom. The first-order valence-corrected chi connectivity index (χ1v) is 10.4. The summed E-state index contributed by atoms with van der Waals surface area (Å²) in [4.78, 5) is 25.0. The fourth-order valence-corrected chi connectivity index (χ4v) is 3.85. The van der Waals surface area contributed by atoms with Gasteiger partial charge in [0.25, 0.3) is 5.56 Å². The van der Waals surface area contributed by atoms with Crippen molar-refractivity contribution < 1.29 is 4.79 Å². The molecule has 1 N–H and O–H groups in total. The Balaban J connectivity index is 1.45. The summed E-state index contributed by atoms with van der Waals surface area (Å²) in [6.07, 6.45) is 3.81. The van der Waals surface area contributed by atoms with Crippen LogP contribution in [0.3, 0.4) is 0 Å². The lowest BCUT2D eigenvalue weighted by atomic mass is 10.1. The highest BCUT2D eigenvalue weighted by molar-refractivity contribution is 6.07. The van der Waals surface area contributed by atoms with Crippen LogP contribution in [0.1, 0.15) is 30.9 Å². The number of hydrogen-bond acceptors (Lipinski definition) is 3. The summed E-state index contributed by atoms with van der Waals surface area (Å²) in [5, 5.41) is 9.02. The summed E-state index contributed by atoms with van der Waals surface area (Å²) in [7, 11) is 1.66. The molecule has 4 aromatic rings. The summed E-state index contributed by atoms with van der Waals surface area (Å²) < 4.78 is 3.37. The third-order valence-electron chi connectivity index (χ3n) is 5.57. The molecule has 0 spiro atoms. The van der Waals surface area contributed by atoms with Crippen molar-refractivity contribution in [3.63, 3.8) is 0 Å². The topological polar surface area (TPSA) is 68.9 Å². The number of amides is 1. The van der Waals surface area contributed by atoms with E-state index < -0.39 is 0 Å². The molecule has 0 aliphatic heterocycles. The molecule has 0 saturated heterocycles. The minimum Gasteiger partial charge on any atom is -0.352 e. The minimum absolute atomic E-state index is 0.0184. The molecule has 0 unspecified atom stereocenters. The normalized spacial score (nSPS) is 11.3. The number of aromatic nitrogens is 3. The van der Waals surface area contributed by atoms with Crippen LogP contribution in [0.4, 0.5) is 0 Å². The van der Waals surface area contributed by atoms with Crippen LogP contribution >= 0.6 is 0 Å². The Morgan fingerprint density at radius 1 is 1.03 bits per heavy atom. The van der Waals surface area contributed by atoms with E-state index in [1.807, 2.05) is 28.8 Å². The maximum Gasteiger partial charge on any atom is 0.291 e. The van der Waals surface area contributed by atoms with Crippen molar-refractivity contribution in [2.45, 2.75) is 39.3 Å². The van der Waals surface area contributed by atoms with Crippen LogP contribution in [0.2, 0.25) is 0 Å². The molecule has 0 atom stereocenters. The van der Waals surface area contributed by atoms with Crippen molar-refractivity contribution in [2.24, 2.45) is 7.05 Å². The quantitative estimate of drug-likeness (QED) is 0.514. The van der Waals surface area contributed by atoms with Gasteiger partial charge < -0.3 is 9.88 Å². The monoisotopic (exact) mass is 402 g/mol. The van der Waals surface area contributed by atoms with Crippen molar-refractivity contribution >= 4 is 27.7 Å². The molecule has 2 heterocycles. The van der Waals surface area contributed by atoms with Gasteiger partial charge in [-0.05, 0) is 30.0 Å². The van der Waals surface area contributed by atoms with E-state index in [9.17, 15) is 9.59 Å². The molecule has 154 valence electrons. The predicted octanol–water partition coefficient (Wildman–Crippen LogP) is 3.55. The Labute approximate surface area is 175 Å². The van der Waals surface area contributed by atoms with Gasteiger partial charge in [-0.1, -0.05) is 49.4 Å². The van der Waals surface area contributed by atoms with Gasteiger partial charge in [0, 0.05) is 42.8 Å². The number of hydrogen-bond donors (Lipinski definition) is 1. The number of carbonyl (C=O) groups is 1. The van der Waals surface area contributed by atoms with Gasteiger partial charge in [0.15, 0.2) is 0 Å². The van der Waals surface area contributed by atoms with Gasteiger partial charge in [-0.25, -0.2) is 4.68 Å². The van der Waals surface area contributed by atoms with Gasteiger partial charge in [0.05, 0.1) is 6.20 Å². The zero-order chi connectivity index (χ0) is 21.1. The lowest BCUT2D eigenvalue weighted by Crippen LogP contribution is -2.23. The molecule has 6 nitrogen and oxygen atoms in total. The zero-order valence-corrected chi connectivity index (χ0v) is 17.4. The van der Waals surface area contributed by atoms with Crippen molar-refractivity contribution in [3.8, 4) is 0 Å². The van der Waals surface area contributed by atoms with Crippen LogP contribution in [0.25, 0.3) is 21.8 Å². The molecule has 30 heavy (non-hydrogen) atoms. The Hall–Kier alpha value is -3.41. The molecule has 0 aliphatic carbocycles. The lowest BCUT2D eigenvalue weighted by molar-refractivity contribution is -0.121. The maximum absolute atomic E-state index is 12.7. The van der Waals surface area contributed by atoms with E-state index in [2.05, 4.69) is 41.6 Å². The molecule has 0 fully saturated rings. The number of carbonyl (C=O) groups excluding carboxylic acids is 1. The van der Waals surface area contributed by atoms with E-state index >= 15 is 0 Å². The molecule has 2 aromatic heterocycles. The maximum atomic E-state index is 12.7. The van der Waals surface area contributed by atoms with Crippen LogP contribution in [-0.2, 0) is 31.4 Å². The second-order valence-corrected chi connectivity index (χ2v) is 7.55. The standard InChI is InChI=1S/C24H26N4O2/c1-3-17-10-12-18(13-11-17)15-25-22(29)9-6-14-28-21-8-5-4-7-19(21)20-16-26-27(2)24(30)23(20)28/h4-5,7-8,10-13,16H,3,6,9,14-15H2,1-2H3,(H,25,29). The molecule has 0 radical (unpaired) electrons. The highest BCUT2D eigenvalue weighted by atomic mass is 16.1. The fraction of sp³-hybridized carbons (Fsp3) is 0.292. The van der Waals surface area contributed by atoms with Crippen molar-refractivity contribution in [1.82, 2.24) is 19.7 Å². The highest BCUT2D eigenvalue weighted by Gasteiger charge is 2.15. The third-order valence-corrected chi connectivity index (χ3v) is 5.57. The molecular formula is C24H26N4O2. The van der Waals surface area contributed by atoms with Crippen molar-refractivity contribution in [2.75, 3.05) is 0 Å². The summed E-state index contributed by atoms with van der Waals surface area (Å²) >= 11 is 0. The van der Waals surface area contributed by atoms with Gasteiger partial charge in [-0.15, -0.1) is 0 Å². The average molecular weight is 402 g/mol. The second kappa shape index (κ2) is 8.53. The fourth-order valence-electron chi connectivity index (χ4n) is 3.85. The smallest absolute Gasteiger partial charge is 0.291 e. The number of fused-ring (bicyclic) bond motifs is 3. The van der Waals surface area contributed by atoms with E-state index in [0.29, 0.717) is 31.4 Å². The first-order chi connectivity index (χ1) is 14.6. The summed E-state index contributed by atoms with van der Waals surface area (Å²) in [6.45, 7) is 3.26. The molecule has 0 saturated carbocycles. The van der Waals surface area contributed by atoms with E-state index in [0.717, 1.165) is 28.3 Å². The molecule has 2 aromatic carbocycles. The third kappa shape index (κ3) is 3.85. The Kier molecular flexibility index (Phi) is 5.65. The summed E-state index contributed by atoms with van der Waals surface area (Å²) in [6, 6.07) is 16.2. The van der Waals surface area contributed by atoms with Crippen molar-refractivity contribution in [1.29, 1.82) is 0 Å². The van der Waals surface area contributed by atoms with E-state index in [1.54, 1.807) is 13.2 Å². The number of benzene rings is 2. The lowest BCUT2D eigenvalue weighted by Gasteiger charge is -2.09. The number of aryl methyl sites for hydroxylation is 3. The zero-order valence-electron chi connectivity index (χ0n) is 17.4. The summed E-state index contributed by atoms with van der Waals surface area (Å²) in [5.74, 6) is 0.0184. The minimum atomic E-state index is -0.122. The van der Waals surface area contributed by atoms with Crippen LogP contribution in [0.15, 0.2) is 59.5 Å². The number of nitrogens with one attached hydrogen (secondary N) is 1. The first-order valence-electron chi connectivity index (χ1n) is 10.4. The summed E-state index contributed by atoms with van der Waals surface area (Å²) in [5.41, 5.74) is 3.90. The molecular weight excluding hydrogens is 376 g/mol. The van der Waals surface area contributed by atoms with E-state index in [1.165, 1.54) is 10.2 Å². The number of rotatable bonds is 7. The molecule has 0 bridgehead atoms. The SMILES string of the molecule is CCc1ccc(CNC(=O)CCCn2c3ccccc3c3cnn(C)c(=O)c32)cc1. The van der Waals surface area contributed by atoms with Crippen molar-refractivity contribution in [3.05, 3.63) is 76.2 Å². The first kappa shape index (κ1) is 19.9. The Morgan fingerprint density at radius 3 is 2.53 bits per heavy atom. The molecule has 0 aliphatic rings. The van der Waals surface area contributed by atoms with Crippen LogP contribution < -0.4 is 10.9 Å². The molecule has 6 heteroatoms. The van der Waals surface area contributed by atoms with Gasteiger partial charge in [-0.2, -0.15) is 5.10 Å². The molecule has 1 amide bonds. The van der Waals surface area contributed by atoms with Crippen LogP contribution in [0.5, 0.6) is 0 Å². The van der Waals surface area contributed by atoms with Gasteiger partial charge in [0.1, 0.15) is 5.52 Å². The largest absolute Gasteiger partial charge is 0.352 e. The van der Waals surface area contributed by atoms with Gasteiger partial charge >= 0.3 is 0 Å². The van der Waals surface area contributed by atoms with Gasteiger partial charge in [-0.3, -0.25) is 9.59 Å². The Bertz CT molecular complexity index is 1250. The molecule has 4 rings (SSSR count). The second-order valence-electron chi connectivity index (χ2n) is 7.55. The van der Waals surface area contributed by atoms with E-state index in [4.69, 9.17) is 0 Å². The number of nitrogens with zero attached hydrogens (tertiary/aromatic N) is 3. The number of para-hydroxylation sites is 1. The van der Waals surface area contributed by atoms with Crippen LogP contribution in [-0.4, -0.2) is 20.3 Å². The van der Waals surface area contributed by atoms with Crippen LogP contribution in [0, 0.1) is 0 Å². The van der Waals surface area contributed by atoms with Gasteiger partial charge in [0.2, 0.25) is 5.91 Å². The van der Waals surface area contributed by atoms with E-state index in [-0.39, 0.29) is 11.5 Å². The predicted molar refractivity (Wildman–Crippen MR) is 119 cm³/mol. The average Bonchev–Trinajstić information content (AvgIpc) is 3.09.